The van der Waals surface area contributed by atoms with Crippen LogP contribution in [0.4, 0.5) is 5.13 Å². The van der Waals surface area contributed by atoms with Gasteiger partial charge in [-0.2, -0.15) is 4.37 Å². The molecular formula is C11H18N4OS. The van der Waals surface area contributed by atoms with Crippen LogP contribution in [0.15, 0.2) is 0 Å². The third-order valence-corrected chi connectivity index (χ3v) is 3.72. The van der Waals surface area contributed by atoms with Gasteiger partial charge in [-0.3, -0.25) is 4.79 Å². The molecule has 0 radical (unpaired) electrons. The fraction of sp³-hybridized carbons (Fsp3) is 0.727. The molecule has 1 unspecified atom stereocenters. The number of nitrogens with zero attached hydrogens (tertiary/aromatic N) is 3. The zero-order valence-electron chi connectivity index (χ0n) is 10.4. The number of nitrogens with two attached hydrogens (primary N) is 1. The van der Waals surface area contributed by atoms with E-state index in [0.717, 1.165) is 23.9 Å². The van der Waals surface area contributed by atoms with Gasteiger partial charge in [0.05, 0.1) is 5.92 Å². The first-order valence-corrected chi connectivity index (χ1v) is 6.53. The first-order chi connectivity index (χ1) is 7.88. The third-order valence-electron chi connectivity index (χ3n) is 2.95. The summed E-state index contributed by atoms with van der Waals surface area (Å²) in [6.07, 6.45) is 0.819. The Kier molecular flexibility index (Phi) is 3.07. The van der Waals surface area contributed by atoms with Crippen molar-refractivity contribution in [1.29, 1.82) is 0 Å². The zero-order chi connectivity index (χ0) is 12.6. The van der Waals surface area contributed by atoms with Crippen LogP contribution in [0, 0.1) is 5.92 Å². The molecule has 1 fully saturated rings. The van der Waals surface area contributed by atoms with Gasteiger partial charge < -0.3 is 10.6 Å². The van der Waals surface area contributed by atoms with E-state index in [1.165, 1.54) is 11.5 Å². The van der Waals surface area contributed by atoms with Gasteiger partial charge in [-0.1, -0.05) is 20.8 Å². The molecule has 1 amide bonds. The molecule has 1 atom stereocenters. The molecule has 0 aromatic carbocycles. The highest BCUT2D eigenvalue weighted by atomic mass is 32.1. The topological polar surface area (TPSA) is 72.1 Å². The summed E-state index contributed by atoms with van der Waals surface area (Å²) in [5.74, 6) is 0.602. The van der Waals surface area contributed by atoms with Gasteiger partial charge in [-0.25, -0.2) is 4.98 Å². The van der Waals surface area contributed by atoms with Crippen LogP contribution in [0.5, 0.6) is 0 Å². The SMILES string of the molecule is CC(C)(C)c1nsc(N2CCC(C(N)=O)C2)n1. The second-order valence-electron chi connectivity index (χ2n) is 5.48. The van der Waals surface area contributed by atoms with Crippen molar-refractivity contribution in [1.82, 2.24) is 9.36 Å². The molecule has 1 aliphatic rings. The minimum Gasteiger partial charge on any atom is -0.369 e. The quantitative estimate of drug-likeness (QED) is 0.859. The van der Waals surface area contributed by atoms with Crippen LogP contribution in [0.3, 0.4) is 0 Å². The van der Waals surface area contributed by atoms with Crippen LogP contribution in [-0.2, 0) is 10.2 Å². The summed E-state index contributed by atoms with van der Waals surface area (Å²) in [5, 5.41) is 0.902. The number of rotatable bonds is 2. The molecule has 5 nitrogen and oxygen atoms in total. The fourth-order valence-corrected chi connectivity index (χ4v) is 2.71. The van der Waals surface area contributed by atoms with Gasteiger partial charge in [0.15, 0.2) is 0 Å². The molecule has 1 aliphatic heterocycles. The Balaban J connectivity index is 2.10. The van der Waals surface area contributed by atoms with Gasteiger partial charge in [0.25, 0.3) is 0 Å². The zero-order valence-corrected chi connectivity index (χ0v) is 11.3. The van der Waals surface area contributed by atoms with E-state index in [9.17, 15) is 4.79 Å². The monoisotopic (exact) mass is 254 g/mol. The second-order valence-corrected chi connectivity index (χ2v) is 6.21. The summed E-state index contributed by atoms with van der Waals surface area (Å²) in [7, 11) is 0. The van der Waals surface area contributed by atoms with Crippen LogP contribution in [0.25, 0.3) is 0 Å². The number of aromatic nitrogens is 2. The minimum absolute atomic E-state index is 0.0302. The number of carbonyl (C=O) groups is 1. The molecule has 0 spiro atoms. The van der Waals surface area contributed by atoms with E-state index >= 15 is 0 Å². The Morgan fingerprint density at radius 3 is 2.71 bits per heavy atom. The molecule has 17 heavy (non-hydrogen) atoms. The number of anilines is 1. The Bertz CT molecular complexity index is 423. The average molecular weight is 254 g/mol. The highest BCUT2D eigenvalue weighted by Gasteiger charge is 2.29. The summed E-state index contributed by atoms with van der Waals surface area (Å²) in [4.78, 5) is 17.7. The van der Waals surface area contributed by atoms with E-state index in [1.54, 1.807) is 0 Å². The molecule has 2 N–H and O–H groups in total. The number of carbonyl (C=O) groups excluding carboxylic acids is 1. The number of hydrogen-bond acceptors (Lipinski definition) is 5. The van der Waals surface area contributed by atoms with Crippen molar-refractivity contribution in [3.8, 4) is 0 Å². The summed E-state index contributed by atoms with van der Waals surface area (Å²) >= 11 is 1.40. The predicted molar refractivity (Wildman–Crippen MR) is 68.1 cm³/mol. The van der Waals surface area contributed by atoms with Gasteiger partial charge in [-0.15, -0.1) is 0 Å². The van der Waals surface area contributed by atoms with Gasteiger partial charge in [0, 0.05) is 30.0 Å². The Morgan fingerprint density at radius 2 is 2.24 bits per heavy atom. The Labute approximate surface area is 105 Å². The lowest BCUT2D eigenvalue weighted by Crippen LogP contribution is -2.27. The largest absolute Gasteiger partial charge is 0.369 e. The molecule has 0 aliphatic carbocycles. The number of hydrogen-bond donors (Lipinski definition) is 1. The molecule has 2 rings (SSSR count). The normalized spacial score (nSPS) is 20.9. The average Bonchev–Trinajstić information content (AvgIpc) is 2.85. The van der Waals surface area contributed by atoms with Crippen LogP contribution in [-0.4, -0.2) is 28.4 Å². The maximum absolute atomic E-state index is 11.1. The molecule has 6 heteroatoms. The van der Waals surface area contributed by atoms with Gasteiger partial charge in [0.1, 0.15) is 5.82 Å². The van der Waals surface area contributed by atoms with E-state index in [-0.39, 0.29) is 17.2 Å². The van der Waals surface area contributed by atoms with Crippen molar-refractivity contribution in [2.24, 2.45) is 11.7 Å². The van der Waals surface area contributed by atoms with Gasteiger partial charge >= 0.3 is 0 Å². The van der Waals surface area contributed by atoms with Crippen LogP contribution in [0.2, 0.25) is 0 Å². The van der Waals surface area contributed by atoms with E-state index in [0.29, 0.717) is 6.54 Å². The van der Waals surface area contributed by atoms with Crippen molar-refractivity contribution in [2.75, 3.05) is 18.0 Å². The molecule has 94 valence electrons. The van der Waals surface area contributed by atoms with Crippen molar-refractivity contribution < 1.29 is 4.79 Å². The molecule has 0 bridgehead atoms. The summed E-state index contributed by atoms with van der Waals surface area (Å²) in [6.45, 7) is 7.79. The van der Waals surface area contributed by atoms with Gasteiger partial charge in [-0.05, 0) is 6.42 Å². The molecule has 2 heterocycles. The number of amides is 1. The highest BCUT2D eigenvalue weighted by Crippen LogP contribution is 2.28. The van der Waals surface area contributed by atoms with Crippen LogP contribution >= 0.6 is 11.5 Å². The first-order valence-electron chi connectivity index (χ1n) is 5.76. The molecule has 1 saturated heterocycles. The number of primary amides is 1. The second kappa shape index (κ2) is 4.25. The van der Waals surface area contributed by atoms with Crippen molar-refractivity contribution in [3.63, 3.8) is 0 Å². The molecular weight excluding hydrogens is 236 g/mol. The summed E-state index contributed by atoms with van der Waals surface area (Å²) in [5.41, 5.74) is 5.28. The Hall–Kier alpha value is -1.17. The van der Waals surface area contributed by atoms with Crippen molar-refractivity contribution >= 4 is 22.6 Å². The molecule has 1 aromatic rings. The first kappa shape index (κ1) is 12.3. The maximum atomic E-state index is 11.1. The predicted octanol–water partition coefficient (Wildman–Crippen LogP) is 1.15. The maximum Gasteiger partial charge on any atom is 0.222 e. The Morgan fingerprint density at radius 1 is 1.53 bits per heavy atom. The molecule has 0 saturated carbocycles. The van der Waals surface area contributed by atoms with Crippen LogP contribution in [0.1, 0.15) is 33.0 Å². The highest BCUT2D eigenvalue weighted by molar-refractivity contribution is 7.09. The van der Waals surface area contributed by atoms with E-state index in [2.05, 4.69) is 35.0 Å². The summed E-state index contributed by atoms with van der Waals surface area (Å²) in [6, 6.07) is 0. The van der Waals surface area contributed by atoms with E-state index in [4.69, 9.17) is 5.73 Å². The lowest BCUT2D eigenvalue weighted by atomic mass is 9.96. The van der Waals surface area contributed by atoms with Crippen molar-refractivity contribution in [3.05, 3.63) is 5.82 Å². The molecule has 1 aromatic heterocycles. The van der Waals surface area contributed by atoms with Crippen molar-refractivity contribution in [2.45, 2.75) is 32.6 Å². The summed E-state index contributed by atoms with van der Waals surface area (Å²) < 4.78 is 4.37. The van der Waals surface area contributed by atoms with E-state index in [1.807, 2.05) is 0 Å². The lowest BCUT2D eigenvalue weighted by molar-refractivity contribution is -0.121. The standard InChI is InChI=1S/C11H18N4OS/c1-11(2,3)9-13-10(17-14-9)15-5-4-7(6-15)8(12)16/h7H,4-6H2,1-3H3,(H2,12,16). The third kappa shape index (κ3) is 2.57. The minimum atomic E-state index is -0.215. The van der Waals surface area contributed by atoms with Gasteiger partial charge in [0.2, 0.25) is 11.0 Å². The van der Waals surface area contributed by atoms with Crippen LogP contribution < -0.4 is 10.6 Å². The van der Waals surface area contributed by atoms with E-state index < -0.39 is 0 Å². The lowest BCUT2D eigenvalue weighted by Gasteiger charge is -2.15. The smallest absolute Gasteiger partial charge is 0.222 e. The fourth-order valence-electron chi connectivity index (χ4n) is 1.81.